The number of carbonyl (C=O) groups excluding carboxylic acids is 2. The fourth-order valence-electron chi connectivity index (χ4n) is 4.34. The minimum atomic E-state index is -0.462. The summed E-state index contributed by atoms with van der Waals surface area (Å²) < 4.78 is 2.15. The van der Waals surface area contributed by atoms with E-state index in [9.17, 15) is 9.59 Å². The molecule has 3 amide bonds. The smallest absolute Gasteiger partial charge is 0.289 e. The monoisotopic (exact) mass is 376 g/mol. The Morgan fingerprint density at radius 2 is 1.93 bits per heavy atom. The fourth-order valence-corrected chi connectivity index (χ4v) is 4.34. The van der Waals surface area contributed by atoms with Gasteiger partial charge in [-0.3, -0.25) is 19.5 Å². The van der Waals surface area contributed by atoms with Gasteiger partial charge in [-0.05, 0) is 43.1 Å². The van der Waals surface area contributed by atoms with Crippen molar-refractivity contribution in [3.8, 4) is 0 Å². The Morgan fingerprint density at radius 3 is 2.59 bits per heavy atom. The minimum Gasteiger partial charge on any atom is -0.289 e. The summed E-state index contributed by atoms with van der Waals surface area (Å²) in [6.07, 6.45) is 5.87. The van der Waals surface area contributed by atoms with Gasteiger partial charge in [0.1, 0.15) is 6.54 Å². The Kier molecular flexibility index (Phi) is 5.99. The lowest BCUT2D eigenvalue weighted by Gasteiger charge is -2.34. The zero-order valence-electron chi connectivity index (χ0n) is 17.4. The second kappa shape index (κ2) is 8.09. The van der Waals surface area contributed by atoms with Gasteiger partial charge >= 0.3 is 11.9 Å². The van der Waals surface area contributed by atoms with Gasteiger partial charge in [-0.15, -0.1) is 0 Å². The van der Waals surface area contributed by atoms with Gasteiger partial charge in [-0.1, -0.05) is 27.2 Å². The maximum absolute atomic E-state index is 12.9. The summed E-state index contributed by atoms with van der Waals surface area (Å²) in [5, 5.41) is 0. The second-order valence-corrected chi connectivity index (χ2v) is 8.43. The van der Waals surface area contributed by atoms with Crippen molar-refractivity contribution in [2.75, 3.05) is 33.7 Å². The van der Waals surface area contributed by atoms with Crippen LogP contribution in [0.3, 0.4) is 0 Å². The fraction of sp³-hybridized carbons (Fsp3) is 0.800. The van der Waals surface area contributed by atoms with Crippen LogP contribution >= 0.6 is 0 Å². The van der Waals surface area contributed by atoms with E-state index >= 15 is 0 Å². The molecule has 0 aliphatic carbocycles. The predicted octanol–water partition coefficient (Wildman–Crippen LogP) is 2.01. The van der Waals surface area contributed by atoms with Crippen molar-refractivity contribution in [1.29, 1.82) is 0 Å². The van der Waals surface area contributed by atoms with Crippen LogP contribution in [0.25, 0.3) is 0 Å². The van der Waals surface area contributed by atoms with Crippen LogP contribution in [0.15, 0.2) is 4.99 Å². The van der Waals surface area contributed by atoms with Gasteiger partial charge in [0, 0.05) is 20.1 Å². The third kappa shape index (κ3) is 3.79. The first-order valence-electron chi connectivity index (χ1n) is 10.4. The number of imide groups is 1. The average molecular weight is 377 g/mol. The van der Waals surface area contributed by atoms with Gasteiger partial charge in [-0.2, -0.15) is 0 Å². The molecular weight excluding hydrogens is 342 g/mol. The van der Waals surface area contributed by atoms with Gasteiger partial charge in [0.25, 0.3) is 17.8 Å². The first-order valence-corrected chi connectivity index (χ1v) is 10.4. The molecule has 0 aromatic carbocycles. The number of amidine groups is 2. The number of nitrogens with zero attached hydrogens (tertiary/aromatic N) is 5. The van der Waals surface area contributed by atoms with Crippen LogP contribution in [0.4, 0.5) is 4.79 Å². The van der Waals surface area contributed by atoms with Gasteiger partial charge in [0.05, 0.1) is 6.54 Å². The van der Waals surface area contributed by atoms with Crippen molar-refractivity contribution in [2.24, 2.45) is 10.9 Å². The Bertz CT molecular complexity index is 669. The van der Waals surface area contributed by atoms with Crippen LogP contribution < -0.4 is 0 Å². The van der Waals surface area contributed by atoms with Crippen molar-refractivity contribution < 1.29 is 14.2 Å². The number of rotatable bonds is 6. The van der Waals surface area contributed by atoms with E-state index in [1.54, 1.807) is 14.1 Å². The Balaban J connectivity index is 1.92. The molecule has 2 saturated heterocycles. The number of amides is 3. The van der Waals surface area contributed by atoms with Crippen LogP contribution in [0.2, 0.25) is 0 Å². The zero-order valence-corrected chi connectivity index (χ0v) is 17.4. The van der Waals surface area contributed by atoms with Crippen molar-refractivity contribution in [3.05, 3.63) is 0 Å². The van der Waals surface area contributed by atoms with E-state index in [-0.39, 0.29) is 11.9 Å². The quantitative estimate of drug-likeness (QED) is 0.667. The Morgan fingerprint density at radius 1 is 1.19 bits per heavy atom. The molecule has 7 nitrogen and oxygen atoms in total. The number of likely N-dealkylation sites (N-methyl/N-ethyl adjacent to an activating group) is 2. The van der Waals surface area contributed by atoms with Crippen LogP contribution in [0.1, 0.15) is 52.9 Å². The van der Waals surface area contributed by atoms with Crippen LogP contribution in [0, 0.1) is 5.92 Å². The largest absolute Gasteiger partial charge is 0.333 e. The second-order valence-electron chi connectivity index (χ2n) is 8.43. The van der Waals surface area contributed by atoms with Crippen LogP contribution in [-0.4, -0.2) is 88.7 Å². The van der Waals surface area contributed by atoms with Crippen LogP contribution in [-0.2, 0) is 4.79 Å². The van der Waals surface area contributed by atoms with E-state index in [0.717, 1.165) is 38.3 Å². The highest BCUT2D eigenvalue weighted by atomic mass is 16.2. The summed E-state index contributed by atoms with van der Waals surface area (Å²) in [6, 6.07) is -0.181. The number of piperidine rings is 1. The first-order chi connectivity index (χ1) is 12.8. The average Bonchev–Trinajstić information content (AvgIpc) is 3.01. The van der Waals surface area contributed by atoms with E-state index in [1.165, 1.54) is 29.1 Å². The minimum absolute atomic E-state index is 0.165. The SMILES string of the molecule is CCC1CCCCN1CC1=[N+](CCC(C)C)C2C(=O)N(C)C(=O)N(C)C2=N1. The molecule has 0 aromatic rings. The molecule has 3 rings (SSSR count). The summed E-state index contributed by atoms with van der Waals surface area (Å²) in [6.45, 7) is 9.26. The maximum atomic E-state index is 12.9. The summed E-state index contributed by atoms with van der Waals surface area (Å²) in [7, 11) is 3.28. The highest BCUT2D eigenvalue weighted by molar-refractivity contribution is 6.23. The van der Waals surface area contributed by atoms with E-state index in [1.807, 2.05) is 0 Å². The van der Waals surface area contributed by atoms with Gasteiger partial charge in [0.15, 0.2) is 0 Å². The molecule has 3 aliphatic rings. The summed E-state index contributed by atoms with van der Waals surface area (Å²) >= 11 is 0. The Hall–Kier alpha value is -1.76. The van der Waals surface area contributed by atoms with Gasteiger partial charge in [-0.25, -0.2) is 9.37 Å². The van der Waals surface area contributed by atoms with Gasteiger partial charge < -0.3 is 0 Å². The molecule has 0 N–H and O–H groups in total. The third-order valence-corrected chi connectivity index (χ3v) is 6.13. The molecule has 0 saturated carbocycles. The lowest BCUT2D eigenvalue weighted by molar-refractivity contribution is -0.537. The molecule has 2 unspecified atom stereocenters. The lowest BCUT2D eigenvalue weighted by Crippen LogP contribution is -2.61. The number of hydrogen-bond donors (Lipinski definition) is 0. The number of fused-ring (bicyclic) bond motifs is 1. The number of likely N-dealkylation sites (tertiary alicyclic amines) is 1. The Labute approximate surface area is 162 Å². The molecular formula is C20H34N5O2+. The summed E-state index contributed by atoms with van der Waals surface area (Å²) in [4.78, 5) is 35.4. The molecule has 2 fully saturated rings. The molecule has 0 radical (unpaired) electrons. The number of aliphatic imine (C=N–C) groups is 1. The molecule has 0 bridgehead atoms. The molecule has 0 spiro atoms. The molecule has 3 heterocycles. The van der Waals surface area contributed by atoms with Gasteiger partial charge in [0.2, 0.25) is 0 Å². The van der Waals surface area contributed by atoms with Crippen molar-refractivity contribution in [3.63, 3.8) is 0 Å². The molecule has 2 atom stereocenters. The van der Waals surface area contributed by atoms with Crippen molar-refractivity contribution >= 4 is 23.6 Å². The summed E-state index contributed by atoms with van der Waals surface area (Å²) in [5.41, 5.74) is 0. The maximum Gasteiger partial charge on any atom is 0.333 e. The lowest BCUT2D eigenvalue weighted by atomic mass is 10.00. The number of hydrogen-bond acceptors (Lipinski definition) is 4. The normalized spacial score (nSPS) is 27.0. The number of urea groups is 1. The topological polar surface area (TPSA) is 59.2 Å². The molecule has 0 aromatic heterocycles. The molecule has 3 aliphatic heterocycles. The molecule has 150 valence electrons. The van der Waals surface area contributed by atoms with Crippen molar-refractivity contribution in [1.82, 2.24) is 14.7 Å². The molecule has 7 heteroatoms. The summed E-state index contributed by atoms with van der Waals surface area (Å²) in [5.74, 6) is 1.91. The molecule has 27 heavy (non-hydrogen) atoms. The standard InChI is InChI=1S/C20H34N5O2/c1-6-15-9-7-8-11-24(15)13-16-21-18-17(25(16)12-10-14(2)3)19(26)23(5)20(27)22(18)4/h14-15,17H,6-13H2,1-5H3/q+1. The van der Waals surface area contributed by atoms with Crippen LogP contribution in [0.5, 0.6) is 0 Å². The highest BCUT2D eigenvalue weighted by Crippen LogP contribution is 2.23. The first kappa shape index (κ1) is 20.0. The van der Waals surface area contributed by atoms with E-state index in [4.69, 9.17) is 4.99 Å². The predicted molar refractivity (Wildman–Crippen MR) is 106 cm³/mol. The highest BCUT2D eigenvalue weighted by Gasteiger charge is 2.53. The number of carbonyl (C=O) groups is 2. The zero-order chi connectivity index (χ0) is 19.7. The van der Waals surface area contributed by atoms with E-state index in [2.05, 4.69) is 30.2 Å². The van der Waals surface area contributed by atoms with E-state index in [0.29, 0.717) is 17.8 Å². The third-order valence-electron chi connectivity index (χ3n) is 6.13. The van der Waals surface area contributed by atoms with E-state index < -0.39 is 6.04 Å². The van der Waals surface area contributed by atoms with Crippen molar-refractivity contribution in [2.45, 2.75) is 65.0 Å².